The van der Waals surface area contributed by atoms with Crippen molar-refractivity contribution in [3.63, 3.8) is 0 Å². The highest BCUT2D eigenvalue weighted by Gasteiger charge is 2.29. The lowest BCUT2D eigenvalue weighted by Gasteiger charge is -2.32. The summed E-state index contributed by atoms with van der Waals surface area (Å²) in [5, 5.41) is 3.35. The number of carbonyl (C=O) groups excluding carboxylic acids is 2. The van der Waals surface area contributed by atoms with Crippen molar-refractivity contribution >= 4 is 39.1 Å². The smallest absolute Gasteiger partial charge is 0.253 e. The summed E-state index contributed by atoms with van der Waals surface area (Å²) >= 11 is 5.88. The van der Waals surface area contributed by atoms with Gasteiger partial charge >= 0.3 is 0 Å². The van der Waals surface area contributed by atoms with Crippen LogP contribution in [0.1, 0.15) is 23.2 Å². The molecule has 3 rings (SSSR count). The van der Waals surface area contributed by atoms with Crippen LogP contribution in [0.25, 0.3) is 0 Å². The maximum atomic E-state index is 12.8. The molecule has 1 saturated heterocycles. The third-order valence-corrected chi connectivity index (χ3v) is 7.11. The van der Waals surface area contributed by atoms with E-state index in [0.717, 1.165) is 4.31 Å². The van der Waals surface area contributed by atoms with Crippen LogP contribution in [0, 0.1) is 5.92 Å². The number of amides is 2. The predicted octanol–water partition coefficient (Wildman–Crippen LogP) is 3.08. The van der Waals surface area contributed by atoms with Gasteiger partial charge in [-0.25, -0.2) is 12.7 Å². The zero-order valence-corrected chi connectivity index (χ0v) is 18.4. The molecule has 1 N–H and O–H groups in total. The van der Waals surface area contributed by atoms with Crippen LogP contribution in [0.3, 0.4) is 0 Å². The van der Waals surface area contributed by atoms with Crippen LogP contribution in [0.2, 0.25) is 5.02 Å². The normalized spacial score (nSPS) is 17.1. The summed E-state index contributed by atoms with van der Waals surface area (Å²) in [4.78, 5) is 27.3. The summed E-state index contributed by atoms with van der Waals surface area (Å²) in [6.07, 6.45) is 1.37. The van der Waals surface area contributed by atoms with E-state index >= 15 is 0 Å². The second kappa shape index (κ2) is 9.16. The minimum atomic E-state index is -3.59. The Kier molecular flexibility index (Phi) is 6.80. The van der Waals surface area contributed by atoms with Crippen molar-refractivity contribution in [1.29, 1.82) is 0 Å². The minimum absolute atomic E-state index is 0.105. The van der Waals surface area contributed by atoms with Gasteiger partial charge in [-0.3, -0.25) is 9.59 Å². The molecule has 0 bridgehead atoms. The Morgan fingerprint density at radius 1 is 1.13 bits per heavy atom. The molecule has 0 aromatic heterocycles. The predicted molar refractivity (Wildman–Crippen MR) is 116 cm³/mol. The van der Waals surface area contributed by atoms with Crippen molar-refractivity contribution in [3.05, 3.63) is 59.1 Å². The van der Waals surface area contributed by atoms with Crippen LogP contribution < -0.4 is 5.32 Å². The molecular formula is C21H24ClN3O4S. The summed E-state index contributed by atoms with van der Waals surface area (Å²) < 4.78 is 25.7. The number of anilines is 1. The van der Waals surface area contributed by atoms with Gasteiger partial charge in [0.2, 0.25) is 15.9 Å². The average molecular weight is 450 g/mol. The quantitative estimate of drug-likeness (QED) is 0.759. The first-order valence-electron chi connectivity index (χ1n) is 9.57. The zero-order valence-electron chi connectivity index (χ0n) is 16.8. The molecule has 1 aliphatic heterocycles. The number of nitrogens with zero attached hydrogens (tertiary/aromatic N) is 2. The molecule has 0 aliphatic carbocycles. The molecule has 0 saturated carbocycles. The van der Waals surface area contributed by atoms with Crippen LogP contribution in [0.15, 0.2) is 53.4 Å². The summed E-state index contributed by atoms with van der Waals surface area (Å²) in [5.74, 6) is -0.740. The largest absolute Gasteiger partial charge is 0.338 e. The van der Waals surface area contributed by atoms with E-state index in [1.807, 2.05) is 0 Å². The van der Waals surface area contributed by atoms with Gasteiger partial charge in [-0.05, 0) is 55.3 Å². The van der Waals surface area contributed by atoms with Crippen molar-refractivity contribution < 1.29 is 18.0 Å². The first-order chi connectivity index (χ1) is 14.2. The van der Waals surface area contributed by atoms with Gasteiger partial charge in [0, 0.05) is 43.5 Å². The van der Waals surface area contributed by atoms with Gasteiger partial charge < -0.3 is 10.2 Å². The van der Waals surface area contributed by atoms with Gasteiger partial charge in [0.15, 0.2) is 0 Å². The van der Waals surface area contributed by atoms with Gasteiger partial charge in [0.1, 0.15) is 0 Å². The van der Waals surface area contributed by atoms with E-state index in [9.17, 15) is 18.0 Å². The number of carbonyl (C=O) groups is 2. The maximum absolute atomic E-state index is 12.8. The first kappa shape index (κ1) is 22.3. The molecule has 1 atom stereocenters. The highest BCUT2D eigenvalue weighted by molar-refractivity contribution is 7.89. The van der Waals surface area contributed by atoms with Crippen LogP contribution >= 0.6 is 11.6 Å². The summed E-state index contributed by atoms with van der Waals surface area (Å²) in [6.45, 7) is 0.894. The van der Waals surface area contributed by atoms with Gasteiger partial charge in [-0.2, -0.15) is 0 Å². The highest BCUT2D eigenvalue weighted by atomic mass is 35.5. The summed E-state index contributed by atoms with van der Waals surface area (Å²) in [6, 6.07) is 12.8. The van der Waals surface area contributed by atoms with E-state index in [1.54, 1.807) is 41.3 Å². The van der Waals surface area contributed by atoms with Crippen molar-refractivity contribution in [2.45, 2.75) is 17.7 Å². The van der Waals surface area contributed by atoms with Crippen LogP contribution in [0.4, 0.5) is 5.69 Å². The number of benzene rings is 2. The second-order valence-corrected chi connectivity index (χ2v) is 9.99. The molecule has 30 heavy (non-hydrogen) atoms. The average Bonchev–Trinajstić information content (AvgIpc) is 2.74. The molecular weight excluding hydrogens is 426 g/mol. The monoisotopic (exact) mass is 449 g/mol. The molecule has 1 heterocycles. The Balaban J connectivity index is 1.69. The number of hydrogen-bond donors (Lipinski definition) is 1. The standard InChI is InChI=1S/C21H24ClN3O4S/c1-24(2)30(28,29)19-7-3-6-18(13-19)23-20(26)16-5-4-12-25(14-16)21(27)15-8-10-17(22)11-9-15/h3,6-11,13,16H,4-5,12,14H2,1-2H3,(H,23,26)/t16-/m0/s1. The SMILES string of the molecule is CN(C)S(=O)(=O)c1cccc(NC(=O)[C@H]2CCCN(C(=O)c3ccc(Cl)cc3)C2)c1. The molecule has 2 aromatic carbocycles. The molecule has 1 aliphatic rings. The Morgan fingerprint density at radius 3 is 2.50 bits per heavy atom. The van der Waals surface area contributed by atoms with Crippen LogP contribution in [0.5, 0.6) is 0 Å². The third-order valence-electron chi connectivity index (χ3n) is 5.05. The third kappa shape index (κ3) is 5.00. The zero-order chi connectivity index (χ0) is 21.9. The van der Waals surface area contributed by atoms with E-state index < -0.39 is 10.0 Å². The molecule has 1 fully saturated rings. The highest BCUT2D eigenvalue weighted by Crippen LogP contribution is 2.23. The number of halogens is 1. The van der Waals surface area contributed by atoms with Crippen molar-refractivity contribution in [2.75, 3.05) is 32.5 Å². The van der Waals surface area contributed by atoms with Crippen molar-refractivity contribution in [1.82, 2.24) is 9.21 Å². The van der Waals surface area contributed by atoms with E-state index in [1.165, 1.54) is 26.2 Å². The lowest BCUT2D eigenvalue weighted by molar-refractivity contribution is -0.121. The summed E-state index contributed by atoms with van der Waals surface area (Å²) in [7, 11) is -0.688. The molecule has 7 nitrogen and oxygen atoms in total. The van der Waals surface area contributed by atoms with Gasteiger partial charge in [-0.15, -0.1) is 0 Å². The minimum Gasteiger partial charge on any atom is -0.338 e. The fourth-order valence-electron chi connectivity index (χ4n) is 3.34. The van der Waals surface area contributed by atoms with E-state index in [4.69, 9.17) is 11.6 Å². The van der Waals surface area contributed by atoms with Crippen LogP contribution in [-0.2, 0) is 14.8 Å². The number of nitrogens with one attached hydrogen (secondary N) is 1. The van der Waals surface area contributed by atoms with E-state index in [-0.39, 0.29) is 22.6 Å². The molecule has 160 valence electrons. The molecule has 0 radical (unpaired) electrons. The fraction of sp³-hybridized carbons (Fsp3) is 0.333. The number of likely N-dealkylation sites (tertiary alicyclic amines) is 1. The maximum Gasteiger partial charge on any atom is 0.253 e. The number of sulfonamides is 1. The van der Waals surface area contributed by atoms with Crippen molar-refractivity contribution in [3.8, 4) is 0 Å². The fourth-order valence-corrected chi connectivity index (χ4v) is 4.41. The Hall–Kier alpha value is -2.42. The number of rotatable bonds is 5. The first-order valence-corrected chi connectivity index (χ1v) is 11.4. The van der Waals surface area contributed by atoms with Gasteiger partial charge in [-0.1, -0.05) is 17.7 Å². The topological polar surface area (TPSA) is 86.8 Å². The Labute approximate surface area is 181 Å². The van der Waals surface area contributed by atoms with E-state index in [2.05, 4.69) is 5.32 Å². The molecule has 2 aromatic rings. The molecule has 0 spiro atoms. The van der Waals surface area contributed by atoms with Gasteiger partial charge in [0.05, 0.1) is 10.8 Å². The van der Waals surface area contributed by atoms with E-state index in [0.29, 0.717) is 42.2 Å². The Bertz CT molecular complexity index is 1040. The van der Waals surface area contributed by atoms with Crippen LogP contribution in [-0.4, -0.2) is 56.6 Å². The number of hydrogen-bond acceptors (Lipinski definition) is 4. The molecule has 2 amide bonds. The summed E-state index contributed by atoms with van der Waals surface area (Å²) in [5.41, 5.74) is 0.936. The molecule has 0 unspecified atom stereocenters. The lowest BCUT2D eigenvalue weighted by Crippen LogP contribution is -2.43. The second-order valence-electron chi connectivity index (χ2n) is 7.40. The molecule has 9 heteroatoms. The lowest BCUT2D eigenvalue weighted by atomic mass is 9.96. The Morgan fingerprint density at radius 2 is 1.83 bits per heavy atom. The number of piperidine rings is 1. The van der Waals surface area contributed by atoms with Gasteiger partial charge in [0.25, 0.3) is 5.91 Å². The van der Waals surface area contributed by atoms with Crippen molar-refractivity contribution in [2.24, 2.45) is 5.92 Å².